The van der Waals surface area contributed by atoms with Crippen molar-refractivity contribution in [1.82, 2.24) is 5.32 Å². The van der Waals surface area contributed by atoms with Gasteiger partial charge >= 0.3 is 0 Å². The highest BCUT2D eigenvalue weighted by Gasteiger charge is 2.30. The van der Waals surface area contributed by atoms with Crippen molar-refractivity contribution in [2.45, 2.75) is 63.3 Å². The fraction of sp³-hybridized carbons (Fsp3) is 0.647. The summed E-state index contributed by atoms with van der Waals surface area (Å²) in [5, 5.41) is 3.65. The third-order valence-corrected chi connectivity index (χ3v) is 5.74. The minimum absolute atomic E-state index is 0.188. The SMILES string of the molecule is CC1(c2ccc(C3CCCCC3)c(Br)c2)CCCN1. The van der Waals surface area contributed by atoms with E-state index in [1.165, 1.54) is 60.5 Å². The van der Waals surface area contributed by atoms with E-state index in [9.17, 15) is 0 Å². The van der Waals surface area contributed by atoms with Crippen LogP contribution < -0.4 is 5.32 Å². The molecule has 1 aromatic rings. The Morgan fingerprint density at radius 2 is 1.95 bits per heavy atom. The second-order valence-corrected chi connectivity index (χ2v) is 7.29. The van der Waals surface area contributed by atoms with Gasteiger partial charge in [0.25, 0.3) is 0 Å². The molecule has 1 unspecified atom stereocenters. The average Bonchev–Trinajstić information content (AvgIpc) is 2.88. The van der Waals surface area contributed by atoms with Crippen LogP contribution in [0.3, 0.4) is 0 Å². The molecule has 1 aliphatic carbocycles. The summed E-state index contributed by atoms with van der Waals surface area (Å²) in [6.45, 7) is 3.49. The quantitative estimate of drug-likeness (QED) is 0.799. The molecule has 2 fully saturated rings. The van der Waals surface area contributed by atoms with E-state index in [1.807, 2.05) is 0 Å². The first-order valence-electron chi connectivity index (χ1n) is 7.74. The smallest absolute Gasteiger partial charge is 0.0406 e. The molecule has 2 heteroatoms. The molecule has 2 aliphatic rings. The summed E-state index contributed by atoms with van der Waals surface area (Å²) in [4.78, 5) is 0. The van der Waals surface area contributed by atoms with Gasteiger partial charge in [0.15, 0.2) is 0 Å². The van der Waals surface area contributed by atoms with Crippen LogP contribution in [0.1, 0.15) is 68.9 Å². The number of nitrogens with one attached hydrogen (secondary N) is 1. The monoisotopic (exact) mass is 321 g/mol. The molecule has 1 saturated carbocycles. The predicted octanol–water partition coefficient (Wildman–Crippen LogP) is 5.10. The lowest BCUT2D eigenvalue weighted by atomic mass is 9.82. The number of rotatable bonds is 2. The van der Waals surface area contributed by atoms with Crippen molar-refractivity contribution < 1.29 is 0 Å². The van der Waals surface area contributed by atoms with Crippen molar-refractivity contribution in [1.29, 1.82) is 0 Å². The van der Waals surface area contributed by atoms with Gasteiger partial charge in [0.2, 0.25) is 0 Å². The summed E-state index contributed by atoms with van der Waals surface area (Å²) in [7, 11) is 0. The molecule has 1 N–H and O–H groups in total. The molecule has 1 atom stereocenters. The number of hydrogen-bond acceptors (Lipinski definition) is 1. The van der Waals surface area contributed by atoms with E-state index >= 15 is 0 Å². The Labute approximate surface area is 125 Å². The maximum absolute atomic E-state index is 3.83. The van der Waals surface area contributed by atoms with Gasteiger partial charge in [0.1, 0.15) is 0 Å². The third-order valence-electron chi connectivity index (χ3n) is 5.05. The van der Waals surface area contributed by atoms with E-state index < -0.39 is 0 Å². The van der Waals surface area contributed by atoms with Gasteiger partial charge < -0.3 is 5.32 Å². The largest absolute Gasteiger partial charge is 0.308 e. The summed E-state index contributed by atoms with van der Waals surface area (Å²) in [5.74, 6) is 0.779. The lowest BCUT2D eigenvalue weighted by Gasteiger charge is -2.28. The van der Waals surface area contributed by atoms with Crippen LogP contribution in [0.25, 0.3) is 0 Å². The summed E-state index contributed by atoms with van der Waals surface area (Å²) in [6, 6.07) is 7.09. The van der Waals surface area contributed by atoms with Crippen LogP contribution in [-0.2, 0) is 5.54 Å². The van der Waals surface area contributed by atoms with Crippen molar-refractivity contribution in [2.24, 2.45) is 0 Å². The van der Waals surface area contributed by atoms with E-state index in [-0.39, 0.29) is 5.54 Å². The molecule has 1 aliphatic heterocycles. The Balaban J connectivity index is 1.85. The van der Waals surface area contributed by atoms with Gasteiger partial charge in [-0.3, -0.25) is 0 Å². The first kappa shape index (κ1) is 13.6. The molecule has 0 aromatic heterocycles. The normalized spacial score (nSPS) is 28.7. The van der Waals surface area contributed by atoms with Gasteiger partial charge in [0, 0.05) is 10.0 Å². The van der Waals surface area contributed by atoms with Crippen molar-refractivity contribution >= 4 is 15.9 Å². The van der Waals surface area contributed by atoms with E-state index in [0.717, 1.165) is 12.5 Å². The fourth-order valence-electron chi connectivity index (χ4n) is 3.76. The third kappa shape index (κ3) is 2.75. The molecular formula is C17H24BrN. The van der Waals surface area contributed by atoms with Crippen LogP contribution in [0.15, 0.2) is 22.7 Å². The molecular weight excluding hydrogens is 298 g/mol. The van der Waals surface area contributed by atoms with Gasteiger partial charge in [-0.2, -0.15) is 0 Å². The van der Waals surface area contributed by atoms with Crippen LogP contribution in [0, 0.1) is 0 Å². The Morgan fingerprint density at radius 1 is 1.16 bits per heavy atom. The standard InChI is InChI=1S/C17H24BrN/c1-17(10-5-11-19-17)14-8-9-15(16(18)12-14)13-6-3-2-4-7-13/h8-9,12-13,19H,2-7,10-11H2,1H3. The summed E-state index contributed by atoms with van der Waals surface area (Å²) in [5.41, 5.74) is 3.16. The van der Waals surface area contributed by atoms with Crippen LogP contribution in [0.5, 0.6) is 0 Å². The summed E-state index contributed by atoms with van der Waals surface area (Å²) < 4.78 is 1.33. The van der Waals surface area contributed by atoms with E-state index in [2.05, 4.69) is 46.4 Å². The summed E-state index contributed by atoms with van der Waals surface area (Å²) >= 11 is 3.83. The van der Waals surface area contributed by atoms with Crippen LogP contribution in [0.2, 0.25) is 0 Å². The van der Waals surface area contributed by atoms with Crippen molar-refractivity contribution in [2.75, 3.05) is 6.54 Å². The van der Waals surface area contributed by atoms with Gasteiger partial charge in [-0.1, -0.05) is 47.3 Å². The van der Waals surface area contributed by atoms with E-state index in [4.69, 9.17) is 0 Å². The minimum Gasteiger partial charge on any atom is -0.308 e. The highest BCUT2D eigenvalue weighted by molar-refractivity contribution is 9.10. The maximum atomic E-state index is 3.83. The Morgan fingerprint density at radius 3 is 2.58 bits per heavy atom. The van der Waals surface area contributed by atoms with Crippen LogP contribution in [0.4, 0.5) is 0 Å². The number of halogens is 1. The molecule has 0 radical (unpaired) electrons. The van der Waals surface area contributed by atoms with Gasteiger partial charge in [-0.25, -0.2) is 0 Å². The van der Waals surface area contributed by atoms with Gasteiger partial charge in [0.05, 0.1) is 0 Å². The van der Waals surface area contributed by atoms with Crippen molar-refractivity contribution in [3.8, 4) is 0 Å². The highest BCUT2D eigenvalue weighted by atomic mass is 79.9. The minimum atomic E-state index is 0.188. The first-order chi connectivity index (χ1) is 9.19. The predicted molar refractivity (Wildman–Crippen MR) is 84.6 cm³/mol. The molecule has 1 heterocycles. The average molecular weight is 322 g/mol. The zero-order valence-electron chi connectivity index (χ0n) is 11.8. The number of hydrogen-bond donors (Lipinski definition) is 1. The zero-order valence-corrected chi connectivity index (χ0v) is 13.4. The Kier molecular flexibility index (Phi) is 4.00. The topological polar surface area (TPSA) is 12.0 Å². The lowest BCUT2D eigenvalue weighted by Crippen LogP contribution is -2.33. The second kappa shape index (κ2) is 5.57. The lowest BCUT2D eigenvalue weighted by molar-refractivity contribution is 0.430. The fourth-order valence-corrected chi connectivity index (χ4v) is 4.46. The molecule has 1 nitrogen and oxygen atoms in total. The number of benzene rings is 1. The Hall–Kier alpha value is -0.340. The van der Waals surface area contributed by atoms with E-state index in [1.54, 1.807) is 0 Å². The highest BCUT2D eigenvalue weighted by Crippen LogP contribution is 2.39. The molecule has 1 aromatic carbocycles. The van der Waals surface area contributed by atoms with Crippen LogP contribution in [-0.4, -0.2) is 6.54 Å². The molecule has 19 heavy (non-hydrogen) atoms. The molecule has 104 valence electrons. The van der Waals surface area contributed by atoms with E-state index in [0.29, 0.717) is 0 Å². The summed E-state index contributed by atoms with van der Waals surface area (Å²) in [6.07, 6.45) is 9.51. The maximum Gasteiger partial charge on any atom is 0.0406 e. The van der Waals surface area contributed by atoms with Crippen LogP contribution >= 0.6 is 15.9 Å². The Bertz CT molecular complexity index is 443. The van der Waals surface area contributed by atoms with Gasteiger partial charge in [-0.05, 0) is 62.3 Å². The zero-order chi connectivity index (χ0) is 13.3. The first-order valence-corrected chi connectivity index (χ1v) is 8.53. The molecule has 0 amide bonds. The van der Waals surface area contributed by atoms with Crippen molar-refractivity contribution in [3.05, 3.63) is 33.8 Å². The molecule has 0 spiro atoms. The van der Waals surface area contributed by atoms with Gasteiger partial charge in [-0.15, -0.1) is 0 Å². The molecule has 1 saturated heterocycles. The molecule has 0 bridgehead atoms. The molecule has 3 rings (SSSR count). The van der Waals surface area contributed by atoms with Crippen molar-refractivity contribution in [3.63, 3.8) is 0 Å². The second-order valence-electron chi connectivity index (χ2n) is 6.43.